The fourth-order valence-electron chi connectivity index (χ4n) is 9.94. The van der Waals surface area contributed by atoms with E-state index in [9.17, 15) is 9.59 Å². The summed E-state index contributed by atoms with van der Waals surface area (Å²) in [7, 11) is 1.87. The van der Waals surface area contributed by atoms with Crippen LogP contribution in [0.4, 0.5) is 10.1 Å². The fourth-order valence-corrected chi connectivity index (χ4v) is 9.94. The van der Waals surface area contributed by atoms with Gasteiger partial charge in [-0.3, -0.25) is 28.1 Å². The highest BCUT2D eigenvalue weighted by Crippen LogP contribution is 2.58. The van der Waals surface area contributed by atoms with Crippen molar-refractivity contribution < 1.29 is 18.4 Å². The van der Waals surface area contributed by atoms with Gasteiger partial charge in [0.05, 0.1) is 48.0 Å². The molecule has 1 N–H and O–H groups in total. The predicted molar refractivity (Wildman–Crippen MR) is 233 cm³/mol. The molecule has 1 amide bonds. The van der Waals surface area contributed by atoms with E-state index in [2.05, 4.69) is 56.8 Å². The van der Waals surface area contributed by atoms with Crippen molar-refractivity contribution in [3.8, 4) is 17.2 Å². The van der Waals surface area contributed by atoms with E-state index in [0.29, 0.717) is 59.4 Å². The predicted octanol–water partition coefficient (Wildman–Crippen LogP) is 5.88. The number of nitrogens with zero attached hydrogens (tertiary/aromatic N) is 10. The lowest BCUT2D eigenvalue weighted by Gasteiger charge is -2.34. The number of hydrogen-bond acceptors (Lipinski definition) is 9. The van der Waals surface area contributed by atoms with Crippen LogP contribution in [0, 0.1) is 25.6 Å². The normalized spacial score (nSPS) is 20.0. The number of aromatic nitrogens is 9. The van der Waals surface area contributed by atoms with Crippen LogP contribution in [0.5, 0.6) is 0 Å². The van der Waals surface area contributed by atoms with Crippen LogP contribution in [-0.4, -0.2) is 86.6 Å². The third-order valence-electron chi connectivity index (χ3n) is 13.4. The number of H-pyrrole nitrogens is 1. The maximum atomic E-state index is 15.2. The summed E-state index contributed by atoms with van der Waals surface area (Å²) in [5, 5.41) is 15.3. The molecule has 5 aromatic heterocycles. The molecule has 1 saturated heterocycles. The Morgan fingerprint density at radius 2 is 1.70 bits per heavy atom. The molecule has 0 radical (unpaired) electrons. The number of amides is 1. The van der Waals surface area contributed by atoms with Gasteiger partial charge < -0.3 is 19.1 Å². The molecule has 3 aliphatic rings. The van der Waals surface area contributed by atoms with Gasteiger partial charge in [-0.2, -0.15) is 10.2 Å². The molecule has 11 rings (SSSR count). The zero-order valence-corrected chi connectivity index (χ0v) is 35.6. The number of fused-ring (bicyclic) bond motifs is 3. The Morgan fingerprint density at radius 1 is 0.937 bits per heavy atom. The molecule has 0 spiro atoms. The standard InChI is InChI=1S/C46H46FN11O5/c1-6-33-23-53(15-16-62-33)30-7-10-37-28(19-30)21-38(57(37)41-27(4)39(41)42-49-45(60)63-51-42)44(59)54-12-11-35-34(24-54)43(58(50-35)32-17-25(2)40(47)26(3)18-32)56-14-13-55(46(56)61)31-8-9-36-29(20-31)22-48-52(36)5/h7-10,13-14,17-22,27,33,39,41H,6,11-12,15-16,23-24H2,1-5H3,(H,49,51,60)/t27-,33-,39?,41-/m0/s1. The zero-order valence-electron chi connectivity index (χ0n) is 35.6. The number of ether oxygens (including phenoxy) is 1. The van der Waals surface area contributed by atoms with Gasteiger partial charge in [-0.1, -0.05) is 19.0 Å². The second-order valence-corrected chi connectivity index (χ2v) is 17.2. The highest BCUT2D eigenvalue weighted by molar-refractivity contribution is 6.00. The number of carbonyl (C=O) groups excluding carboxylic acids is 1. The molecule has 17 heteroatoms. The minimum atomic E-state index is -0.618. The number of anilines is 1. The van der Waals surface area contributed by atoms with Crippen molar-refractivity contribution in [1.29, 1.82) is 0 Å². The molecule has 322 valence electrons. The first kappa shape index (κ1) is 38.9. The van der Waals surface area contributed by atoms with Crippen LogP contribution in [0.1, 0.15) is 70.9 Å². The van der Waals surface area contributed by atoms with Crippen molar-refractivity contribution in [3.05, 3.63) is 134 Å². The van der Waals surface area contributed by atoms with E-state index in [4.69, 9.17) is 14.4 Å². The van der Waals surface area contributed by atoms with Gasteiger partial charge in [-0.15, -0.1) is 0 Å². The molecule has 16 nitrogen and oxygen atoms in total. The van der Waals surface area contributed by atoms with E-state index in [-0.39, 0.29) is 47.9 Å². The number of carbonyl (C=O) groups is 1. The SMILES string of the molecule is CC[C@H]1CN(c2ccc3c(c2)cc(C(=O)N2CCc4nn(-c5cc(C)c(F)c(C)c5)c(-n5ccn(-c6ccc7c(cnn7C)c6)c5=O)c4C2)n3[C@@H]2C(c3noc(=O)[nH]3)[C@@H]2C)CCO1. The number of halogens is 1. The summed E-state index contributed by atoms with van der Waals surface area (Å²) in [5.74, 6) is -0.284. The van der Waals surface area contributed by atoms with Gasteiger partial charge in [-0.25, -0.2) is 18.7 Å². The quantitative estimate of drug-likeness (QED) is 0.197. The highest BCUT2D eigenvalue weighted by Gasteiger charge is 2.53. The summed E-state index contributed by atoms with van der Waals surface area (Å²) >= 11 is 0. The molecule has 4 atom stereocenters. The zero-order chi connectivity index (χ0) is 43.4. The molecule has 0 bridgehead atoms. The summed E-state index contributed by atoms with van der Waals surface area (Å²) in [6, 6.07) is 17.3. The van der Waals surface area contributed by atoms with E-state index in [1.165, 1.54) is 0 Å². The average Bonchev–Trinajstić information content (AvgIpc) is 3.92. The van der Waals surface area contributed by atoms with Crippen LogP contribution in [0.25, 0.3) is 39.0 Å². The number of nitrogens with one attached hydrogen (secondary N) is 1. The molecule has 63 heavy (non-hydrogen) atoms. The van der Waals surface area contributed by atoms with Gasteiger partial charge in [0.1, 0.15) is 17.3 Å². The number of aromatic amines is 1. The minimum absolute atomic E-state index is 0.0485. The van der Waals surface area contributed by atoms with E-state index in [1.807, 2.05) is 36.2 Å². The van der Waals surface area contributed by atoms with Crippen LogP contribution >= 0.6 is 0 Å². The second kappa shape index (κ2) is 14.5. The van der Waals surface area contributed by atoms with E-state index >= 15 is 9.18 Å². The third-order valence-corrected chi connectivity index (χ3v) is 13.4. The van der Waals surface area contributed by atoms with Crippen molar-refractivity contribution in [2.24, 2.45) is 13.0 Å². The lowest BCUT2D eigenvalue weighted by molar-refractivity contribution is 0.0384. The smallest absolute Gasteiger partial charge is 0.375 e. The Kier molecular flexibility index (Phi) is 8.97. The van der Waals surface area contributed by atoms with Crippen molar-refractivity contribution in [1.82, 2.24) is 48.3 Å². The van der Waals surface area contributed by atoms with E-state index < -0.39 is 5.76 Å². The minimum Gasteiger partial charge on any atom is -0.375 e. The Bertz CT molecular complexity index is 3230. The summed E-state index contributed by atoms with van der Waals surface area (Å²) in [5.41, 5.74) is 6.72. The lowest BCUT2D eigenvalue weighted by atomic mass is 10.1. The van der Waals surface area contributed by atoms with Crippen LogP contribution in [0.3, 0.4) is 0 Å². The molecule has 8 aromatic rings. The second-order valence-electron chi connectivity index (χ2n) is 17.2. The van der Waals surface area contributed by atoms with Crippen LogP contribution in [0.2, 0.25) is 0 Å². The summed E-state index contributed by atoms with van der Waals surface area (Å²) in [6.07, 6.45) is 6.69. The summed E-state index contributed by atoms with van der Waals surface area (Å²) < 4.78 is 34.6. The largest absolute Gasteiger partial charge is 0.438 e. The molecule has 1 saturated carbocycles. The molecule has 1 unspecified atom stereocenters. The molecule has 3 aromatic carbocycles. The van der Waals surface area contributed by atoms with Gasteiger partial charge in [0.15, 0.2) is 5.82 Å². The molecule has 7 heterocycles. The van der Waals surface area contributed by atoms with Crippen molar-refractivity contribution >= 4 is 33.4 Å². The topological polar surface area (TPSA) is 159 Å². The van der Waals surface area contributed by atoms with Crippen molar-refractivity contribution in [3.63, 3.8) is 0 Å². The molecule has 1 aliphatic carbocycles. The average molecular weight is 852 g/mol. The lowest BCUT2D eigenvalue weighted by Crippen LogP contribution is -2.42. The van der Waals surface area contributed by atoms with Crippen molar-refractivity contribution in [2.75, 3.05) is 31.1 Å². The maximum absolute atomic E-state index is 15.2. The highest BCUT2D eigenvalue weighted by atomic mass is 19.1. The van der Waals surface area contributed by atoms with Gasteiger partial charge in [0.25, 0.3) is 5.91 Å². The van der Waals surface area contributed by atoms with Gasteiger partial charge in [0, 0.05) is 85.0 Å². The number of hydrogen-bond donors (Lipinski definition) is 1. The monoisotopic (exact) mass is 851 g/mol. The number of morpholine rings is 1. The first-order valence-electron chi connectivity index (χ1n) is 21.4. The van der Waals surface area contributed by atoms with Crippen LogP contribution in [0.15, 0.2) is 87.3 Å². The Balaban J connectivity index is 1.01. The number of rotatable bonds is 8. The molecule has 2 fully saturated rings. The van der Waals surface area contributed by atoms with E-state index in [0.717, 1.165) is 58.3 Å². The Morgan fingerprint density at radius 3 is 2.48 bits per heavy atom. The molecular weight excluding hydrogens is 806 g/mol. The third kappa shape index (κ3) is 6.27. The number of aryl methyl sites for hydroxylation is 3. The van der Waals surface area contributed by atoms with Gasteiger partial charge >= 0.3 is 11.4 Å². The summed E-state index contributed by atoms with van der Waals surface area (Å²) in [4.78, 5) is 48.7. The number of imidazole rings is 1. The fraction of sp³-hybridized carbons (Fsp3) is 0.348. The molecular formula is C46H46FN11O5. The van der Waals surface area contributed by atoms with Crippen LogP contribution in [-0.2, 0) is 24.8 Å². The Labute approximate surface area is 359 Å². The number of benzene rings is 3. The van der Waals surface area contributed by atoms with E-state index in [1.54, 1.807) is 63.1 Å². The van der Waals surface area contributed by atoms with Gasteiger partial charge in [0.2, 0.25) is 0 Å². The van der Waals surface area contributed by atoms with Crippen LogP contribution < -0.4 is 16.3 Å². The summed E-state index contributed by atoms with van der Waals surface area (Å²) in [6.45, 7) is 10.4. The first-order valence-corrected chi connectivity index (χ1v) is 21.4. The maximum Gasteiger partial charge on any atom is 0.438 e. The van der Waals surface area contributed by atoms with Gasteiger partial charge in [-0.05, 0) is 91.9 Å². The Hall–Kier alpha value is -7.01. The molecule has 2 aliphatic heterocycles. The first-order chi connectivity index (χ1) is 30.5. The van der Waals surface area contributed by atoms with Crippen molar-refractivity contribution in [2.45, 2.75) is 65.1 Å².